The molecule has 0 aromatic carbocycles. The minimum Gasteiger partial charge on any atom is -0.394 e. The van der Waals surface area contributed by atoms with Crippen molar-refractivity contribution in [2.24, 2.45) is 23.7 Å². The van der Waals surface area contributed by atoms with Crippen LogP contribution in [0, 0.1) is 23.7 Å². The number of hydrogen-bond donors (Lipinski definition) is 1. The Labute approximate surface area is 85.0 Å². The van der Waals surface area contributed by atoms with E-state index in [1.807, 2.05) is 0 Å². The van der Waals surface area contributed by atoms with Gasteiger partial charge < -0.3 is 9.84 Å². The number of rotatable bonds is 3. The standard InChI is InChI=1S/C12H18O2/c13-4-5-14-12-7-8-6-11(12)10-3-1-2-9(8)10/h1,3,8-13H,2,4-7H2. The van der Waals surface area contributed by atoms with E-state index in [1.165, 1.54) is 19.3 Å². The molecule has 2 saturated carbocycles. The Morgan fingerprint density at radius 3 is 3.07 bits per heavy atom. The third-order valence-electron chi connectivity index (χ3n) is 4.37. The summed E-state index contributed by atoms with van der Waals surface area (Å²) < 4.78 is 5.71. The zero-order valence-corrected chi connectivity index (χ0v) is 8.43. The average Bonchev–Trinajstić information content (AvgIpc) is 2.85. The van der Waals surface area contributed by atoms with E-state index >= 15 is 0 Å². The monoisotopic (exact) mass is 194 g/mol. The summed E-state index contributed by atoms with van der Waals surface area (Å²) >= 11 is 0. The van der Waals surface area contributed by atoms with Gasteiger partial charge in [-0.05, 0) is 42.9 Å². The molecule has 0 radical (unpaired) electrons. The van der Waals surface area contributed by atoms with Crippen LogP contribution in [-0.2, 0) is 4.74 Å². The maximum Gasteiger partial charge on any atom is 0.0701 e. The van der Waals surface area contributed by atoms with Gasteiger partial charge in [-0.1, -0.05) is 12.2 Å². The molecule has 2 fully saturated rings. The predicted molar refractivity (Wildman–Crippen MR) is 53.8 cm³/mol. The first kappa shape index (κ1) is 8.93. The van der Waals surface area contributed by atoms with Gasteiger partial charge in [0.15, 0.2) is 0 Å². The summed E-state index contributed by atoms with van der Waals surface area (Å²) in [7, 11) is 0. The fourth-order valence-electron chi connectivity index (χ4n) is 3.88. The molecule has 2 nitrogen and oxygen atoms in total. The van der Waals surface area contributed by atoms with Crippen LogP contribution < -0.4 is 0 Å². The molecular formula is C12H18O2. The van der Waals surface area contributed by atoms with Crippen LogP contribution in [0.2, 0.25) is 0 Å². The van der Waals surface area contributed by atoms with Crippen molar-refractivity contribution in [3.8, 4) is 0 Å². The molecule has 0 heterocycles. The Morgan fingerprint density at radius 2 is 2.21 bits per heavy atom. The van der Waals surface area contributed by atoms with Gasteiger partial charge in [0.1, 0.15) is 0 Å². The van der Waals surface area contributed by atoms with Gasteiger partial charge in [0.2, 0.25) is 0 Å². The number of ether oxygens (including phenoxy) is 1. The van der Waals surface area contributed by atoms with Crippen molar-refractivity contribution in [2.75, 3.05) is 13.2 Å². The van der Waals surface area contributed by atoms with Gasteiger partial charge in [0.05, 0.1) is 19.3 Å². The van der Waals surface area contributed by atoms with E-state index in [2.05, 4.69) is 12.2 Å². The Balaban J connectivity index is 1.67. The van der Waals surface area contributed by atoms with Crippen LogP contribution in [0.5, 0.6) is 0 Å². The minimum absolute atomic E-state index is 0.165. The van der Waals surface area contributed by atoms with E-state index in [0.717, 1.165) is 23.7 Å². The van der Waals surface area contributed by atoms with Crippen LogP contribution >= 0.6 is 0 Å². The molecule has 5 atom stereocenters. The van der Waals surface area contributed by atoms with Gasteiger partial charge in [-0.2, -0.15) is 0 Å². The van der Waals surface area contributed by atoms with E-state index in [0.29, 0.717) is 12.7 Å². The summed E-state index contributed by atoms with van der Waals surface area (Å²) in [5.74, 6) is 3.41. The molecular weight excluding hydrogens is 176 g/mol. The Morgan fingerprint density at radius 1 is 1.29 bits per heavy atom. The molecule has 2 heteroatoms. The normalized spacial score (nSPS) is 48.8. The highest BCUT2D eigenvalue weighted by Crippen LogP contribution is 2.57. The summed E-state index contributed by atoms with van der Waals surface area (Å²) in [6.07, 6.45) is 9.12. The smallest absolute Gasteiger partial charge is 0.0701 e. The summed E-state index contributed by atoms with van der Waals surface area (Å²) in [6.45, 7) is 0.687. The fourth-order valence-corrected chi connectivity index (χ4v) is 3.88. The average molecular weight is 194 g/mol. The topological polar surface area (TPSA) is 29.5 Å². The van der Waals surface area contributed by atoms with E-state index in [1.54, 1.807) is 0 Å². The van der Waals surface area contributed by atoms with Crippen LogP contribution in [0.1, 0.15) is 19.3 Å². The zero-order chi connectivity index (χ0) is 9.54. The number of allylic oxidation sites excluding steroid dienone is 2. The number of aliphatic hydroxyl groups excluding tert-OH is 1. The SMILES string of the molecule is OCCOC1CC2CC1C1C=CCC21. The molecule has 5 unspecified atom stereocenters. The molecule has 0 saturated heterocycles. The molecule has 0 aliphatic heterocycles. The Kier molecular flexibility index (Phi) is 2.14. The third-order valence-corrected chi connectivity index (χ3v) is 4.37. The molecule has 3 rings (SSSR count). The molecule has 0 amide bonds. The molecule has 3 aliphatic rings. The summed E-state index contributed by atoms with van der Waals surface area (Å²) in [4.78, 5) is 0. The highest BCUT2D eigenvalue weighted by molar-refractivity contribution is 5.14. The summed E-state index contributed by atoms with van der Waals surface area (Å²) in [6, 6.07) is 0. The second-order valence-corrected chi connectivity index (χ2v) is 4.93. The van der Waals surface area contributed by atoms with Crippen molar-refractivity contribution in [3.63, 3.8) is 0 Å². The van der Waals surface area contributed by atoms with Crippen molar-refractivity contribution in [2.45, 2.75) is 25.4 Å². The lowest BCUT2D eigenvalue weighted by Gasteiger charge is -2.30. The van der Waals surface area contributed by atoms with Gasteiger partial charge in [-0.3, -0.25) is 0 Å². The van der Waals surface area contributed by atoms with Crippen molar-refractivity contribution < 1.29 is 9.84 Å². The van der Waals surface area contributed by atoms with E-state index in [4.69, 9.17) is 9.84 Å². The molecule has 1 N–H and O–H groups in total. The van der Waals surface area contributed by atoms with Crippen molar-refractivity contribution >= 4 is 0 Å². The van der Waals surface area contributed by atoms with E-state index in [-0.39, 0.29) is 6.61 Å². The molecule has 0 aromatic heterocycles. The first-order valence-electron chi connectivity index (χ1n) is 5.79. The zero-order valence-electron chi connectivity index (χ0n) is 8.43. The second kappa shape index (κ2) is 3.35. The predicted octanol–water partition coefficient (Wildman–Crippen LogP) is 1.60. The molecule has 0 aromatic rings. The van der Waals surface area contributed by atoms with Crippen molar-refractivity contribution in [1.82, 2.24) is 0 Å². The number of aliphatic hydroxyl groups is 1. The lowest BCUT2D eigenvalue weighted by molar-refractivity contribution is -0.0188. The first-order valence-corrected chi connectivity index (χ1v) is 5.79. The van der Waals surface area contributed by atoms with Gasteiger partial charge in [-0.15, -0.1) is 0 Å². The van der Waals surface area contributed by atoms with E-state index in [9.17, 15) is 0 Å². The largest absolute Gasteiger partial charge is 0.394 e. The van der Waals surface area contributed by atoms with Crippen LogP contribution in [0.15, 0.2) is 12.2 Å². The Hall–Kier alpha value is -0.340. The Bertz CT molecular complexity index is 249. The number of hydrogen-bond acceptors (Lipinski definition) is 2. The molecule has 3 aliphatic carbocycles. The minimum atomic E-state index is 0.165. The van der Waals surface area contributed by atoms with Gasteiger partial charge in [0, 0.05) is 0 Å². The quantitative estimate of drug-likeness (QED) is 0.691. The van der Waals surface area contributed by atoms with Gasteiger partial charge in [0.25, 0.3) is 0 Å². The summed E-state index contributed by atoms with van der Waals surface area (Å²) in [5, 5.41) is 8.75. The highest BCUT2D eigenvalue weighted by Gasteiger charge is 2.52. The lowest BCUT2D eigenvalue weighted by Crippen LogP contribution is -2.31. The van der Waals surface area contributed by atoms with Crippen LogP contribution in [0.3, 0.4) is 0 Å². The fraction of sp³-hybridized carbons (Fsp3) is 0.833. The second-order valence-electron chi connectivity index (χ2n) is 4.93. The summed E-state index contributed by atoms with van der Waals surface area (Å²) in [5.41, 5.74) is 0. The van der Waals surface area contributed by atoms with Gasteiger partial charge >= 0.3 is 0 Å². The molecule has 78 valence electrons. The van der Waals surface area contributed by atoms with Crippen LogP contribution in [0.25, 0.3) is 0 Å². The highest BCUT2D eigenvalue weighted by atomic mass is 16.5. The van der Waals surface area contributed by atoms with Gasteiger partial charge in [-0.25, -0.2) is 0 Å². The van der Waals surface area contributed by atoms with Crippen molar-refractivity contribution in [3.05, 3.63) is 12.2 Å². The lowest BCUT2D eigenvalue weighted by atomic mass is 9.80. The van der Waals surface area contributed by atoms with Crippen molar-refractivity contribution in [1.29, 1.82) is 0 Å². The number of fused-ring (bicyclic) bond motifs is 5. The maximum absolute atomic E-state index is 8.75. The first-order chi connectivity index (χ1) is 6.90. The maximum atomic E-state index is 8.75. The van der Waals surface area contributed by atoms with E-state index < -0.39 is 0 Å². The third kappa shape index (κ3) is 1.17. The molecule has 0 spiro atoms. The van der Waals surface area contributed by atoms with Crippen LogP contribution in [0.4, 0.5) is 0 Å². The molecule has 14 heavy (non-hydrogen) atoms. The van der Waals surface area contributed by atoms with Crippen LogP contribution in [-0.4, -0.2) is 24.4 Å². The molecule has 2 bridgehead atoms.